The van der Waals surface area contributed by atoms with Crippen LogP contribution in [0.25, 0.3) is 0 Å². The van der Waals surface area contributed by atoms with E-state index in [2.05, 4.69) is 0 Å². The fraction of sp³-hybridized carbons (Fsp3) is 0.286. The molecule has 4 nitrogen and oxygen atoms in total. The Kier molecular flexibility index (Phi) is 1.47. The van der Waals surface area contributed by atoms with E-state index in [4.69, 9.17) is 4.43 Å². The van der Waals surface area contributed by atoms with Crippen molar-refractivity contribution in [2.45, 2.75) is 12.8 Å². The number of carbonyl (C=O) groups excluding carboxylic acids is 1. The molecule has 0 saturated carbocycles. The van der Waals surface area contributed by atoms with Crippen LogP contribution in [-0.4, -0.2) is 26.1 Å². The van der Waals surface area contributed by atoms with Crippen LogP contribution >= 0.6 is 0 Å². The lowest BCUT2D eigenvalue weighted by atomic mass is 10.3. The molecule has 0 unspecified atom stereocenters. The lowest BCUT2D eigenvalue weighted by Crippen LogP contribution is -2.02. The van der Waals surface area contributed by atoms with Gasteiger partial charge in [0.25, 0.3) is 0 Å². The molecule has 64 valence electrons. The number of carbonyl (C=O) groups is 1. The molecule has 0 aliphatic carbocycles. The molecule has 5 heteroatoms. The van der Waals surface area contributed by atoms with Gasteiger partial charge in [0.1, 0.15) is 0 Å². The maximum Gasteiger partial charge on any atom is 0.240 e. The largest absolute Gasteiger partial charge is 0.550 e. The third-order valence-electron chi connectivity index (χ3n) is 2.08. The third kappa shape index (κ3) is 0.797. The van der Waals surface area contributed by atoms with Crippen molar-refractivity contribution < 1.29 is 14.3 Å². The van der Waals surface area contributed by atoms with Gasteiger partial charge in [-0.1, -0.05) is 0 Å². The summed E-state index contributed by atoms with van der Waals surface area (Å²) in [5.74, 6) is 0.347. The highest BCUT2D eigenvalue weighted by Crippen LogP contribution is 2.33. The fourth-order valence-electron chi connectivity index (χ4n) is 1.49. The third-order valence-corrected chi connectivity index (χ3v) is 2.52. The van der Waals surface area contributed by atoms with Crippen LogP contribution in [0.15, 0.2) is 6.07 Å². The minimum absolute atomic E-state index is 0.0394. The summed E-state index contributed by atoms with van der Waals surface area (Å²) in [6.45, 7) is 0. The topological polar surface area (TPSA) is 51.5 Å². The second-order valence-corrected chi connectivity index (χ2v) is 3.17. The van der Waals surface area contributed by atoms with Crippen LogP contribution in [0, 0.1) is 0 Å². The maximum atomic E-state index is 11.2. The second kappa shape index (κ2) is 2.38. The maximum absolute atomic E-state index is 11.2. The number of hydrogen-bond acceptors (Lipinski definition) is 3. The Bertz CT molecular complexity index is 345. The van der Waals surface area contributed by atoms with E-state index < -0.39 is 0 Å². The van der Waals surface area contributed by atoms with E-state index in [1.165, 1.54) is 4.57 Å². The zero-order valence-corrected chi connectivity index (χ0v) is 8.70. The summed E-state index contributed by atoms with van der Waals surface area (Å²) in [6.07, 6.45) is 1.20. The summed E-state index contributed by atoms with van der Waals surface area (Å²) < 4.78 is 6.33. The molecule has 12 heavy (non-hydrogen) atoms. The summed E-state index contributed by atoms with van der Waals surface area (Å²) in [7, 11) is 0.522. The molecule has 2 rings (SSSR count). The predicted molar refractivity (Wildman–Crippen MR) is 45.6 cm³/mol. The van der Waals surface area contributed by atoms with E-state index in [1.807, 2.05) is 0 Å². The van der Waals surface area contributed by atoms with E-state index in [9.17, 15) is 9.90 Å². The standard InChI is InChI=1S/C7H9NO3Si/c9-6-2-1-4-3-5(11-12)7(10)8(4)6/h3,10H,1-2H2,12H3. The molecular weight excluding hydrogens is 174 g/mol. The van der Waals surface area contributed by atoms with Gasteiger partial charge in [-0.25, -0.2) is 0 Å². The van der Waals surface area contributed by atoms with Gasteiger partial charge >= 0.3 is 0 Å². The second-order valence-electron chi connectivity index (χ2n) is 2.76. The van der Waals surface area contributed by atoms with E-state index in [-0.39, 0.29) is 11.8 Å². The lowest BCUT2D eigenvalue weighted by molar-refractivity contribution is 0.0915. The van der Waals surface area contributed by atoms with Crippen molar-refractivity contribution in [3.05, 3.63) is 11.8 Å². The molecule has 0 bridgehead atoms. The highest BCUT2D eigenvalue weighted by Gasteiger charge is 2.25. The van der Waals surface area contributed by atoms with E-state index in [1.54, 1.807) is 6.07 Å². The molecule has 0 atom stereocenters. The molecule has 0 spiro atoms. The summed E-state index contributed by atoms with van der Waals surface area (Å²) in [6, 6.07) is 1.73. The Balaban J connectivity index is 2.58. The molecule has 0 amide bonds. The minimum atomic E-state index is -0.0486. The van der Waals surface area contributed by atoms with Gasteiger partial charge in [0.15, 0.2) is 5.75 Å². The van der Waals surface area contributed by atoms with Gasteiger partial charge in [-0.05, 0) is 6.42 Å². The molecule has 1 aliphatic heterocycles. The van der Waals surface area contributed by atoms with Crippen LogP contribution in [0.3, 0.4) is 0 Å². The summed E-state index contributed by atoms with van der Waals surface area (Å²) in [5, 5.41) is 9.46. The number of aromatic nitrogens is 1. The van der Waals surface area contributed by atoms with Crippen molar-refractivity contribution >= 4 is 16.4 Å². The van der Waals surface area contributed by atoms with Crippen LogP contribution in [-0.2, 0) is 6.42 Å². The molecule has 1 aromatic heterocycles. The highest BCUT2D eigenvalue weighted by molar-refractivity contribution is 6.00. The zero-order valence-electron chi connectivity index (χ0n) is 6.70. The Labute approximate surface area is 72.3 Å². The van der Waals surface area contributed by atoms with Crippen molar-refractivity contribution in [2.75, 3.05) is 0 Å². The Morgan fingerprint density at radius 1 is 1.58 bits per heavy atom. The van der Waals surface area contributed by atoms with Crippen molar-refractivity contribution in [1.29, 1.82) is 0 Å². The minimum Gasteiger partial charge on any atom is -0.550 e. The quantitative estimate of drug-likeness (QED) is 0.594. The molecule has 0 radical (unpaired) electrons. The average molecular weight is 183 g/mol. The van der Waals surface area contributed by atoms with E-state index in [0.717, 1.165) is 5.69 Å². The monoisotopic (exact) mass is 183 g/mol. The van der Waals surface area contributed by atoms with Crippen LogP contribution in [0.5, 0.6) is 11.6 Å². The van der Waals surface area contributed by atoms with Gasteiger partial charge in [0, 0.05) is 18.2 Å². The number of aromatic hydroxyl groups is 1. The summed E-state index contributed by atoms with van der Waals surface area (Å²) in [4.78, 5) is 11.2. The van der Waals surface area contributed by atoms with Crippen LogP contribution in [0.1, 0.15) is 16.9 Å². The smallest absolute Gasteiger partial charge is 0.240 e. The Morgan fingerprint density at radius 3 is 2.92 bits per heavy atom. The number of hydrogen-bond donors (Lipinski definition) is 1. The Morgan fingerprint density at radius 2 is 2.33 bits per heavy atom. The first kappa shape index (κ1) is 7.42. The summed E-state index contributed by atoms with van der Waals surface area (Å²) >= 11 is 0. The van der Waals surface area contributed by atoms with Crippen molar-refractivity contribution in [3.63, 3.8) is 0 Å². The van der Waals surface area contributed by atoms with Crippen molar-refractivity contribution in [1.82, 2.24) is 4.57 Å². The fourth-order valence-corrected chi connectivity index (χ4v) is 1.79. The first-order valence-corrected chi connectivity index (χ1v) is 4.56. The van der Waals surface area contributed by atoms with Gasteiger partial charge < -0.3 is 9.53 Å². The number of rotatable bonds is 1. The predicted octanol–water partition coefficient (Wildman–Crippen LogP) is -0.561. The first-order chi connectivity index (χ1) is 5.74. The van der Waals surface area contributed by atoms with Gasteiger partial charge in [0.05, 0.1) is 0 Å². The molecule has 0 saturated heterocycles. The zero-order chi connectivity index (χ0) is 8.72. The average Bonchev–Trinajstić information content (AvgIpc) is 2.55. The van der Waals surface area contributed by atoms with Crippen LogP contribution in [0.4, 0.5) is 0 Å². The van der Waals surface area contributed by atoms with Crippen LogP contribution < -0.4 is 4.43 Å². The number of fused-ring (bicyclic) bond motifs is 1. The van der Waals surface area contributed by atoms with Gasteiger partial charge in [0.2, 0.25) is 22.3 Å². The van der Waals surface area contributed by atoms with Gasteiger partial charge in [-0.2, -0.15) is 0 Å². The van der Waals surface area contributed by atoms with Gasteiger partial charge in [-0.3, -0.25) is 9.36 Å². The first-order valence-electron chi connectivity index (χ1n) is 3.75. The number of aryl methyl sites for hydroxylation is 1. The normalized spacial score (nSPS) is 15.2. The van der Waals surface area contributed by atoms with Crippen molar-refractivity contribution in [2.24, 2.45) is 0 Å². The van der Waals surface area contributed by atoms with E-state index >= 15 is 0 Å². The lowest BCUT2D eigenvalue weighted by Gasteiger charge is -1.99. The molecule has 0 aromatic carbocycles. The molecule has 1 aromatic rings. The highest BCUT2D eigenvalue weighted by atomic mass is 28.2. The Hall–Kier alpha value is -1.23. The SMILES string of the molecule is O=C1CCc2cc(O[SiH3])c(O)n21. The molecule has 0 fully saturated rings. The summed E-state index contributed by atoms with van der Waals surface area (Å²) in [5.41, 5.74) is 0.850. The van der Waals surface area contributed by atoms with Crippen molar-refractivity contribution in [3.8, 4) is 11.6 Å². The molecular formula is C7H9NO3Si. The van der Waals surface area contributed by atoms with Gasteiger partial charge in [-0.15, -0.1) is 0 Å². The molecule has 2 heterocycles. The number of nitrogens with zero attached hydrogens (tertiary/aromatic N) is 1. The van der Waals surface area contributed by atoms with E-state index in [0.29, 0.717) is 29.1 Å². The molecule has 1 N–H and O–H groups in total. The molecule has 1 aliphatic rings. The van der Waals surface area contributed by atoms with Crippen LogP contribution in [0.2, 0.25) is 0 Å².